The molecule has 1 unspecified atom stereocenters. The number of H-pyrrole nitrogens is 1. The Labute approximate surface area is 227 Å². The third-order valence-electron chi connectivity index (χ3n) is 7.20. The highest BCUT2D eigenvalue weighted by Crippen LogP contribution is 2.26. The van der Waals surface area contributed by atoms with Crippen LogP contribution in [0.2, 0.25) is 0 Å². The Hall–Kier alpha value is -4.17. The highest BCUT2D eigenvalue weighted by Gasteiger charge is 2.26. The number of halogens is 1. The zero-order valence-corrected chi connectivity index (χ0v) is 22.6. The molecule has 0 radical (unpaired) electrons. The molecular weight excluding hydrogens is 491 g/mol. The summed E-state index contributed by atoms with van der Waals surface area (Å²) in [6, 6.07) is 22.8. The minimum atomic E-state index is -0.278. The SMILES string of the molecule is CCC(c1nnnn1Cc1ccc(F)cc1)N(CCc1ccccc1)Cc1cc2cc(C)cc(C)c2[nH]c1=O. The number of aromatic nitrogens is 5. The number of tetrazole rings is 1. The van der Waals surface area contributed by atoms with Crippen LogP contribution in [0.15, 0.2) is 77.6 Å². The van der Waals surface area contributed by atoms with E-state index in [4.69, 9.17) is 0 Å². The van der Waals surface area contributed by atoms with E-state index in [1.165, 1.54) is 17.7 Å². The third-order valence-corrected chi connectivity index (χ3v) is 7.20. The van der Waals surface area contributed by atoms with Crippen LogP contribution in [0.5, 0.6) is 0 Å². The smallest absolute Gasteiger partial charge is 0.252 e. The molecule has 7 nitrogen and oxygen atoms in total. The number of hydrogen-bond donors (Lipinski definition) is 1. The Morgan fingerprint density at radius 2 is 1.77 bits per heavy atom. The van der Waals surface area contributed by atoms with Crippen LogP contribution in [0.25, 0.3) is 10.9 Å². The molecule has 0 amide bonds. The van der Waals surface area contributed by atoms with Crippen molar-refractivity contribution < 1.29 is 4.39 Å². The van der Waals surface area contributed by atoms with E-state index in [1.807, 2.05) is 31.2 Å². The molecule has 0 spiro atoms. The Morgan fingerprint density at radius 3 is 2.51 bits per heavy atom. The number of pyridine rings is 1. The molecular formula is C31H33FN6O. The van der Waals surface area contributed by atoms with Gasteiger partial charge in [-0.2, -0.15) is 0 Å². The third kappa shape index (κ3) is 6.12. The molecule has 0 aliphatic carbocycles. The monoisotopic (exact) mass is 524 g/mol. The minimum Gasteiger partial charge on any atom is -0.321 e. The van der Waals surface area contributed by atoms with E-state index in [1.54, 1.807) is 16.8 Å². The predicted octanol–water partition coefficient (Wildman–Crippen LogP) is 5.51. The number of nitrogens with one attached hydrogen (secondary N) is 1. The maximum atomic E-state index is 13.5. The number of aromatic amines is 1. The molecule has 1 atom stereocenters. The fourth-order valence-corrected chi connectivity index (χ4v) is 5.26. The molecule has 39 heavy (non-hydrogen) atoms. The number of aryl methyl sites for hydroxylation is 2. The molecule has 200 valence electrons. The first-order valence-electron chi connectivity index (χ1n) is 13.3. The molecule has 8 heteroatoms. The second kappa shape index (κ2) is 11.7. The molecule has 0 fully saturated rings. The molecule has 2 aromatic heterocycles. The average molecular weight is 525 g/mol. The van der Waals surface area contributed by atoms with Gasteiger partial charge in [-0.1, -0.05) is 61.0 Å². The molecule has 0 saturated carbocycles. The molecule has 1 N–H and O–H groups in total. The summed E-state index contributed by atoms with van der Waals surface area (Å²) in [6.07, 6.45) is 1.57. The molecule has 0 aliphatic rings. The topological polar surface area (TPSA) is 79.7 Å². The first-order chi connectivity index (χ1) is 18.9. The normalized spacial score (nSPS) is 12.3. The Kier molecular flexibility index (Phi) is 7.93. The van der Waals surface area contributed by atoms with Gasteiger partial charge in [0.15, 0.2) is 5.82 Å². The molecule has 5 rings (SSSR count). The van der Waals surface area contributed by atoms with Gasteiger partial charge in [0.1, 0.15) is 5.82 Å². The lowest BCUT2D eigenvalue weighted by molar-refractivity contribution is 0.172. The van der Waals surface area contributed by atoms with Gasteiger partial charge in [0, 0.05) is 18.7 Å². The molecule has 3 aromatic carbocycles. The van der Waals surface area contributed by atoms with E-state index < -0.39 is 0 Å². The van der Waals surface area contributed by atoms with E-state index in [2.05, 4.69) is 63.5 Å². The van der Waals surface area contributed by atoms with Gasteiger partial charge in [-0.05, 0) is 83.5 Å². The summed E-state index contributed by atoms with van der Waals surface area (Å²) in [5.41, 5.74) is 5.84. The quantitative estimate of drug-likeness (QED) is 0.260. The molecule has 0 saturated heterocycles. The predicted molar refractivity (Wildman–Crippen MR) is 151 cm³/mol. The largest absolute Gasteiger partial charge is 0.321 e. The first-order valence-corrected chi connectivity index (χ1v) is 13.3. The van der Waals surface area contributed by atoms with Crippen molar-refractivity contribution in [3.63, 3.8) is 0 Å². The summed E-state index contributed by atoms with van der Waals surface area (Å²) in [6.45, 7) is 7.79. The highest BCUT2D eigenvalue weighted by atomic mass is 19.1. The second-order valence-electron chi connectivity index (χ2n) is 10.1. The fraction of sp³-hybridized carbons (Fsp3) is 0.290. The van der Waals surface area contributed by atoms with Gasteiger partial charge in [0.05, 0.1) is 18.1 Å². The minimum absolute atomic E-state index is 0.0834. The van der Waals surface area contributed by atoms with Crippen LogP contribution in [-0.2, 0) is 19.5 Å². The van der Waals surface area contributed by atoms with E-state index >= 15 is 0 Å². The number of fused-ring (bicyclic) bond motifs is 1. The lowest BCUT2D eigenvalue weighted by atomic mass is 10.0. The van der Waals surface area contributed by atoms with Crippen molar-refractivity contribution in [2.45, 2.75) is 52.7 Å². The first kappa shape index (κ1) is 26.4. The van der Waals surface area contributed by atoms with Gasteiger partial charge in [-0.25, -0.2) is 9.07 Å². The van der Waals surface area contributed by atoms with Crippen molar-refractivity contribution in [1.82, 2.24) is 30.1 Å². The van der Waals surface area contributed by atoms with Crippen LogP contribution >= 0.6 is 0 Å². The summed E-state index contributed by atoms with van der Waals surface area (Å²) < 4.78 is 15.2. The van der Waals surface area contributed by atoms with Crippen molar-refractivity contribution >= 4 is 10.9 Å². The highest BCUT2D eigenvalue weighted by molar-refractivity contribution is 5.82. The van der Waals surface area contributed by atoms with Crippen molar-refractivity contribution in [3.05, 3.63) is 123 Å². The summed E-state index contributed by atoms with van der Waals surface area (Å²) >= 11 is 0. The van der Waals surface area contributed by atoms with Crippen molar-refractivity contribution in [3.8, 4) is 0 Å². The van der Waals surface area contributed by atoms with Crippen LogP contribution in [0.3, 0.4) is 0 Å². The van der Waals surface area contributed by atoms with Crippen LogP contribution < -0.4 is 5.56 Å². The maximum absolute atomic E-state index is 13.5. The Morgan fingerprint density at radius 1 is 1.00 bits per heavy atom. The Balaban J connectivity index is 1.49. The van der Waals surface area contributed by atoms with Crippen LogP contribution in [0.4, 0.5) is 4.39 Å². The van der Waals surface area contributed by atoms with Crippen molar-refractivity contribution in [2.24, 2.45) is 0 Å². The van der Waals surface area contributed by atoms with Gasteiger partial charge in [0.25, 0.3) is 5.56 Å². The van der Waals surface area contributed by atoms with E-state index in [0.717, 1.165) is 52.8 Å². The lowest BCUT2D eigenvalue weighted by Crippen LogP contribution is -2.34. The number of hydrogen-bond acceptors (Lipinski definition) is 5. The standard InChI is InChI=1S/C31H33FN6O/c1-4-28(30-34-35-36-38(30)19-24-10-12-27(32)13-11-24)37(15-14-23-8-6-5-7-9-23)20-26-18-25-17-21(2)16-22(3)29(25)33-31(26)39/h5-13,16-18,28H,4,14-15,19-20H2,1-3H3,(H,33,39). The number of benzene rings is 3. The zero-order chi connectivity index (χ0) is 27.4. The summed E-state index contributed by atoms with van der Waals surface area (Å²) in [5.74, 6) is 0.444. The Bertz CT molecular complexity index is 1610. The van der Waals surface area contributed by atoms with Gasteiger partial charge in [-0.15, -0.1) is 5.10 Å². The van der Waals surface area contributed by atoms with E-state index in [-0.39, 0.29) is 17.4 Å². The maximum Gasteiger partial charge on any atom is 0.252 e. The van der Waals surface area contributed by atoms with Crippen molar-refractivity contribution in [1.29, 1.82) is 0 Å². The van der Waals surface area contributed by atoms with Gasteiger partial charge in [-0.3, -0.25) is 9.69 Å². The van der Waals surface area contributed by atoms with Crippen LogP contribution in [0, 0.1) is 19.7 Å². The van der Waals surface area contributed by atoms with E-state index in [0.29, 0.717) is 18.7 Å². The lowest BCUT2D eigenvalue weighted by Gasteiger charge is -2.30. The molecule has 2 heterocycles. The zero-order valence-electron chi connectivity index (χ0n) is 22.6. The number of rotatable bonds is 10. The van der Waals surface area contributed by atoms with Gasteiger partial charge < -0.3 is 4.98 Å². The molecule has 0 aliphatic heterocycles. The molecule has 5 aromatic rings. The average Bonchev–Trinajstić information content (AvgIpc) is 3.38. The summed E-state index contributed by atoms with van der Waals surface area (Å²) in [7, 11) is 0. The van der Waals surface area contributed by atoms with Crippen molar-refractivity contribution in [2.75, 3.05) is 6.54 Å². The van der Waals surface area contributed by atoms with E-state index in [9.17, 15) is 9.18 Å². The fourth-order valence-electron chi connectivity index (χ4n) is 5.26. The van der Waals surface area contributed by atoms with Crippen LogP contribution in [0.1, 0.15) is 53.0 Å². The molecule has 0 bridgehead atoms. The number of nitrogens with zero attached hydrogens (tertiary/aromatic N) is 5. The second-order valence-corrected chi connectivity index (χ2v) is 10.1. The van der Waals surface area contributed by atoms with Gasteiger partial charge >= 0.3 is 0 Å². The van der Waals surface area contributed by atoms with Crippen LogP contribution in [-0.4, -0.2) is 36.6 Å². The van der Waals surface area contributed by atoms with Gasteiger partial charge in [0.2, 0.25) is 0 Å². The summed E-state index contributed by atoms with van der Waals surface area (Å²) in [4.78, 5) is 18.7. The summed E-state index contributed by atoms with van der Waals surface area (Å²) in [5, 5.41) is 13.7.